The topological polar surface area (TPSA) is 15.8 Å². The molecule has 0 aliphatic carbocycles. The van der Waals surface area contributed by atoms with Crippen LogP contribution in [-0.2, 0) is 0 Å². The van der Waals surface area contributed by atoms with Crippen molar-refractivity contribution in [2.45, 2.75) is 40.0 Å². The Morgan fingerprint density at radius 3 is 2.71 bits per heavy atom. The van der Waals surface area contributed by atoms with Gasteiger partial charge < -0.3 is 4.98 Å². The summed E-state index contributed by atoms with van der Waals surface area (Å²) in [6.07, 6.45) is 3.28. The van der Waals surface area contributed by atoms with Gasteiger partial charge in [0.15, 0.2) is 0 Å². The van der Waals surface area contributed by atoms with E-state index in [4.69, 9.17) is 11.6 Å². The van der Waals surface area contributed by atoms with Crippen molar-refractivity contribution in [1.82, 2.24) is 4.98 Å². The maximum Gasteiger partial charge on any atom is 0.107 e. The quantitative estimate of drug-likeness (QED) is 0.752. The lowest BCUT2D eigenvalue weighted by Crippen LogP contribution is -1.91. The minimum atomic E-state index is 0.560. The summed E-state index contributed by atoms with van der Waals surface area (Å²) in [5, 5.41) is 0.729. The van der Waals surface area contributed by atoms with E-state index in [0.717, 1.165) is 17.3 Å². The van der Waals surface area contributed by atoms with Gasteiger partial charge in [0.05, 0.1) is 0 Å². The highest BCUT2D eigenvalue weighted by Gasteiger charge is 2.10. The van der Waals surface area contributed by atoms with Gasteiger partial charge in [-0.05, 0) is 43.9 Å². The molecule has 1 nitrogen and oxygen atoms in total. The average molecular weight is 212 g/mol. The van der Waals surface area contributed by atoms with Crippen molar-refractivity contribution in [1.29, 1.82) is 0 Å². The molecule has 0 aliphatic heterocycles. The first-order valence-electron chi connectivity index (χ1n) is 5.08. The molecule has 0 saturated heterocycles. The molecular formula is C12H18ClN. The van der Waals surface area contributed by atoms with Crippen LogP contribution in [0.2, 0.25) is 5.15 Å². The van der Waals surface area contributed by atoms with E-state index in [1.54, 1.807) is 0 Å². The molecule has 78 valence electrons. The maximum atomic E-state index is 5.97. The van der Waals surface area contributed by atoms with Gasteiger partial charge in [0.1, 0.15) is 5.15 Å². The van der Waals surface area contributed by atoms with Crippen LogP contribution in [0.15, 0.2) is 11.6 Å². The number of nitrogens with one attached hydrogen (secondary N) is 1. The molecule has 1 unspecified atom stereocenters. The van der Waals surface area contributed by atoms with E-state index in [-0.39, 0.29) is 0 Å². The van der Waals surface area contributed by atoms with Crippen LogP contribution in [0.3, 0.4) is 0 Å². The zero-order valence-electron chi connectivity index (χ0n) is 9.32. The molecule has 2 heteroatoms. The third-order valence-electron chi connectivity index (χ3n) is 2.42. The number of aromatic nitrogens is 1. The summed E-state index contributed by atoms with van der Waals surface area (Å²) >= 11 is 5.97. The van der Waals surface area contributed by atoms with Crippen LogP contribution in [0.5, 0.6) is 0 Å². The van der Waals surface area contributed by atoms with Gasteiger partial charge in [-0.2, -0.15) is 0 Å². The molecular weight excluding hydrogens is 194 g/mol. The van der Waals surface area contributed by atoms with Gasteiger partial charge in [-0.3, -0.25) is 0 Å². The maximum absolute atomic E-state index is 5.97. The minimum absolute atomic E-state index is 0.560. The minimum Gasteiger partial charge on any atom is -0.346 e. The van der Waals surface area contributed by atoms with Crippen molar-refractivity contribution in [3.63, 3.8) is 0 Å². The first-order chi connectivity index (χ1) is 6.54. The molecule has 0 aromatic carbocycles. The molecule has 1 aromatic rings. The van der Waals surface area contributed by atoms with Crippen molar-refractivity contribution in [2.75, 3.05) is 0 Å². The lowest BCUT2D eigenvalue weighted by molar-refractivity contribution is 0.733. The Kier molecular flexibility index (Phi) is 3.82. The number of aromatic amines is 1. The Morgan fingerprint density at radius 1 is 1.57 bits per heavy atom. The molecule has 0 aliphatic rings. The van der Waals surface area contributed by atoms with E-state index in [2.05, 4.69) is 38.8 Å². The summed E-state index contributed by atoms with van der Waals surface area (Å²) in [4.78, 5) is 3.18. The molecule has 0 saturated carbocycles. The Hall–Kier alpha value is -0.690. The predicted molar refractivity (Wildman–Crippen MR) is 63.8 cm³/mol. The highest BCUT2D eigenvalue weighted by atomic mass is 35.5. The molecule has 1 N–H and O–H groups in total. The largest absolute Gasteiger partial charge is 0.346 e. The van der Waals surface area contributed by atoms with E-state index >= 15 is 0 Å². The van der Waals surface area contributed by atoms with Gasteiger partial charge in [-0.15, -0.1) is 0 Å². The van der Waals surface area contributed by atoms with Crippen LogP contribution >= 0.6 is 11.6 Å². The number of H-pyrrole nitrogens is 1. The van der Waals surface area contributed by atoms with Crippen LogP contribution in [0, 0.1) is 0 Å². The van der Waals surface area contributed by atoms with Gasteiger partial charge >= 0.3 is 0 Å². The molecule has 0 spiro atoms. The molecule has 0 bridgehead atoms. The summed E-state index contributed by atoms with van der Waals surface area (Å²) in [6, 6.07) is 2.03. The second-order valence-electron chi connectivity index (χ2n) is 4.02. The Balaban J connectivity index is 3.09. The lowest BCUT2D eigenvalue weighted by atomic mass is 9.98. The standard InChI is InChI=1S/C12H18ClN/c1-5-9(4)10-7-12(13)14-11(10)6-8(2)3/h6-7,9,14H,5H2,1-4H3. The summed E-state index contributed by atoms with van der Waals surface area (Å²) in [7, 11) is 0. The van der Waals surface area contributed by atoms with Gasteiger partial charge in [-0.1, -0.05) is 31.0 Å². The fourth-order valence-electron chi connectivity index (χ4n) is 1.49. The lowest BCUT2D eigenvalue weighted by Gasteiger charge is -2.07. The van der Waals surface area contributed by atoms with E-state index in [0.29, 0.717) is 5.92 Å². The molecule has 0 amide bonds. The van der Waals surface area contributed by atoms with Gasteiger partial charge in [0, 0.05) is 5.69 Å². The Bertz CT molecular complexity index is 332. The van der Waals surface area contributed by atoms with Crippen molar-refractivity contribution < 1.29 is 0 Å². The molecule has 1 aromatic heterocycles. The number of allylic oxidation sites excluding steroid dienone is 1. The highest BCUT2D eigenvalue weighted by molar-refractivity contribution is 6.29. The molecule has 1 heterocycles. The van der Waals surface area contributed by atoms with Crippen molar-refractivity contribution in [3.05, 3.63) is 28.0 Å². The third-order valence-corrected chi connectivity index (χ3v) is 2.63. The zero-order chi connectivity index (χ0) is 10.7. The molecule has 14 heavy (non-hydrogen) atoms. The fraction of sp³-hybridized carbons (Fsp3) is 0.500. The molecule has 1 atom stereocenters. The molecule has 0 fully saturated rings. The Labute approximate surface area is 91.2 Å². The van der Waals surface area contributed by atoms with Crippen LogP contribution in [0.1, 0.15) is 51.3 Å². The van der Waals surface area contributed by atoms with Crippen LogP contribution in [0.25, 0.3) is 6.08 Å². The Morgan fingerprint density at radius 2 is 2.21 bits per heavy atom. The summed E-state index contributed by atoms with van der Waals surface area (Å²) in [5.74, 6) is 0.560. The second kappa shape index (κ2) is 4.70. The number of rotatable bonds is 3. The highest BCUT2D eigenvalue weighted by Crippen LogP contribution is 2.27. The number of hydrogen-bond acceptors (Lipinski definition) is 0. The summed E-state index contributed by atoms with van der Waals surface area (Å²) in [6.45, 7) is 8.60. The van der Waals surface area contributed by atoms with Crippen LogP contribution < -0.4 is 0 Å². The fourth-order valence-corrected chi connectivity index (χ4v) is 1.71. The second-order valence-corrected chi connectivity index (χ2v) is 4.42. The normalized spacial score (nSPS) is 12.6. The van der Waals surface area contributed by atoms with E-state index < -0.39 is 0 Å². The van der Waals surface area contributed by atoms with Crippen molar-refractivity contribution in [3.8, 4) is 0 Å². The van der Waals surface area contributed by atoms with Gasteiger partial charge in [0.2, 0.25) is 0 Å². The van der Waals surface area contributed by atoms with Crippen LogP contribution in [-0.4, -0.2) is 4.98 Å². The third kappa shape index (κ3) is 2.65. The van der Waals surface area contributed by atoms with Gasteiger partial charge in [-0.25, -0.2) is 0 Å². The molecule has 1 rings (SSSR count). The summed E-state index contributed by atoms with van der Waals surface area (Å²) < 4.78 is 0. The number of hydrogen-bond donors (Lipinski definition) is 1. The predicted octanol–water partition coefficient (Wildman–Crippen LogP) is 4.60. The first-order valence-corrected chi connectivity index (χ1v) is 5.45. The first kappa shape index (κ1) is 11.4. The smallest absolute Gasteiger partial charge is 0.107 e. The summed E-state index contributed by atoms with van der Waals surface area (Å²) in [5.41, 5.74) is 3.76. The van der Waals surface area contributed by atoms with E-state index in [9.17, 15) is 0 Å². The van der Waals surface area contributed by atoms with Gasteiger partial charge in [0.25, 0.3) is 0 Å². The van der Waals surface area contributed by atoms with Crippen molar-refractivity contribution in [2.24, 2.45) is 0 Å². The zero-order valence-corrected chi connectivity index (χ0v) is 10.1. The average Bonchev–Trinajstić information content (AvgIpc) is 2.44. The van der Waals surface area contributed by atoms with Crippen molar-refractivity contribution >= 4 is 17.7 Å². The van der Waals surface area contributed by atoms with E-state index in [1.165, 1.54) is 11.1 Å². The SMILES string of the molecule is CCC(C)c1cc(Cl)[nH]c1C=C(C)C. The van der Waals surface area contributed by atoms with Crippen LogP contribution in [0.4, 0.5) is 0 Å². The van der Waals surface area contributed by atoms with E-state index in [1.807, 2.05) is 6.07 Å². The monoisotopic (exact) mass is 211 g/mol. The molecule has 0 radical (unpaired) electrons. The number of halogens is 1.